The largest absolute Gasteiger partial charge is 0.463 e. The second-order valence-electron chi connectivity index (χ2n) is 9.04. The minimum atomic E-state index is -0.494. The number of ether oxygens (including phenoxy) is 3. The molecule has 11 nitrogen and oxygen atoms in total. The van der Waals surface area contributed by atoms with Crippen molar-refractivity contribution < 1.29 is 28.9 Å². The van der Waals surface area contributed by atoms with Crippen LogP contribution in [0.4, 0.5) is 4.79 Å². The molecular weight excluding hydrogens is 638 g/mol. The summed E-state index contributed by atoms with van der Waals surface area (Å²) >= 11 is 11.8. The molecule has 1 amide bonds. The van der Waals surface area contributed by atoms with E-state index >= 15 is 0 Å². The summed E-state index contributed by atoms with van der Waals surface area (Å²) in [5.74, 6) is -0.220. The van der Waals surface area contributed by atoms with Gasteiger partial charge in [0.2, 0.25) is 5.28 Å². The quantitative estimate of drug-likeness (QED) is 0.231. The number of carbonyl (C=O) groups is 2. The highest BCUT2D eigenvalue weighted by Crippen LogP contribution is 2.11. The maximum absolute atomic E-state index is 11.4. The number of nitrogens with one attached hydrogen (secondary N) is 1. The average molecular weight is 672 g/mol. The van der Waals surface area contributed by atoms with Crippen molar-refractivity contribution >= 4 is 55.5 Å². The summed E-state index contributed by atoms with van der Waals surface area (Å²) in [7, 11) is 0. The fraction of sp³-hybridized carbons (Fsp3) is 0.565. The number of amides is 1. The number of aliphatic hydroxyl groups is 1. The summed E-state index contributed by atoms with van der Waals surface area (Å²) in [6, 6.07) is 0.308. The monoisotopic (exact) mass is 669 g/mol. The van der Waals surface area contributed by atoms with E-state index in [9.17, 15) is 9.59 Å². The molecule has 0 atom stereocenters. The average Bonchev–Trinajstić information content (AvgIpc) is 2.77. The first-order valence-corrected chi connectivity index (χ1v) is 13.1. The number of nitrogens with zero attached hydrogens (tertiary/aromatic N) is 4. The van der Waals surface area contributed by atoms with Gasteiger partial charge in [-0.05, 0) is 91.4 Å². The Labute approximate surface area is 239 Å². The van der Waals surface area contributed by atoms with Crippen LogP contribution < -0.4 is 10.1 Å². The Kier molecular flexibility index (Phi) is 17.2. The molecule has 0 saturated heterocycles. The molecule has 0 aliphatic rings. The Bertz CT molecular complexity index is 902. The first-order chi connectivity index (χ1) is 17.1. The Balaban J connectivity index is 0.000000579. The molecule has 0 bridgehead atoms. The molecule has 2 heterocycles. The third-order valence-electron chi connectivity index (χ3n) is 3.14. The number of alkyl carbamates (subject to hydrolysis) is 1. The third kappa shape index (κ3) is 22.8. The first-order valence-electron chi connectivity index (χ1n) is 11.1. The molecule has 2 aromatic rings. The van der Waals surface area contributed by atoms with Crippen molar-refractivity contribution in [3.05, 3.63) is 39.0 Å². The summed E-state index contributed by atoms with van der Waals surface area (Å²) in [6.07, 6.45) is 6.81. The number of aliphatic hydroxyl groups excluding tert-OH is 1. The van der Waals surface area contributed by atoms with Gasteiger partial charge >= 0.3 is 18.1 Å². The summed E-state index contributed by atoms with van der Waals surface area (Å²) in [4.78, 5) is 37.5. The number of hydrogen-bond acceptors (Lipinski definition) is 10. The van der Waals surface area contributed by atoms with Crippen LogP contribution >= 0.6 is 43.5 Å². The van der Waals surface area contributed by atoms with Gasteiger partial charge in [-0.1, -0.05) is 0 Å². The minimum absolute atomic E-state index is 0.0702. The lowest BCUT2D eigenvalue weighted by Gasteiger charge is -2.19. The summed E-state index contributed by atoms with van der Waals surface area (Å²) in [5, 5.41) is 11.0. The van der Waals surface area contributed by atoms with E-state index in [0.717, 1.165) is 8.95 Å². The maximum atomic E-state index is 11.4. The predicted octanol–water partition coefficient (Wildman–Crippen LogP) is 5.14. The lowest BCUT2D eigenvalue weighted by atomic mass is 10.2. The lowest BCUT2D eigenvalue weighted by Crippen LogP contribution is -2.33. The van der Waals surface area contributed by atoms with Crippen molar-refractivity contribution in [1.82, 2.24) is 25.3 Å². The van der Waals surface area contributed by atoms with Gasteiger partial charge in [-0.3, -0.25) is 4.79 Å². The number of hydrogen-bond donors (Lipinski definition) is 2. The second kappa shape index (κ2) is 18.2. The van der Waals surface area contributed by atoms with Crippen LogP contribution in [0.25, 0.3) is 0 Å². The molecule has 2 N–H and O–H groups in total. The van der Waals surface area contributed by atoms with Crippen LogP contribution in [0.2, 0.25) is 5.28 Å². The Morgan fingerprint density at radius 1 is 0.919 bits per heavy atom. The normalized spacial score (nSPS) is 10.6. The van der Waals surface area contributed by atoms with Gasteiger partial charge in [0, 0.05) is 37.8 Å². The van der Waals surface area contributed by atoms with Gasteiger partial charge in [-0.15, -0.1) is 0 Å². The van der Waals surface area contributed by atoms with Gasteiger partial charge in [-0.25, -0.2) is 24.7 Å². The van der Waals surface area contributed by atoms with Gasteiger partial charge in [0.1, 0.15) is 11.2 Å². The molecule has 14 heteroatoms. The molecule has 0 aromatic carbocycles. The van der Waals surface area contributed by atoms with Crippen LogP contribution in [0, 0.1) is 0 Å². The van der Waals surface area contributed by atoms with Crippen molar-refractivity contribution in [3.63, 3.8) is 0 Å². The van der Waals surface area contributed by atoms with Crippen molar-refractivity contribution in [2.75, 3.05) is 19.8 Å². The number of aromatic nitrogens is 4. The summed E-state index contributed by atoms with van der Waals surface area (Å²) in [5.41, 5.74) is -0.910. The van der Waals surface area contributed by atoms with Crippen LogP contribution in [0.5, 0.6) is 6.01 Å². The smallest absolute Gasteiger partial charge is 0.407 e. The van der Waals surface area contributed by atoms with E-state index < -0.39 is 17.3 Å². The van der Waals surface area contributed by atoms with Gasteiger partial charge < -0.3 is 24.6 Å². The fourth-order valence-electron chi connectivity index (χ4n) is 1.92. The van der Waals surface area contributed by atoms with Crippen molar-refractivity contribution in [2.45, 2.75) is 65.6 Å². The molecule has 208 valence electrons. The highest BCUT2D eigenvalue weighted by Gasteiger charge is 2.16. The molecular formula is C23H34Br2ClN5O6. The van der Waals surface area contributed by atoms with E-state index in [4.69, 9.17) is 30.9 Å². The SMILES string of the molecule is CC(C)(C)OC(=O)CCCOc1ncc(Br)cn1.CC(C)(C)OC(=O)NCCO.Clc1ncc(Br)cn1. The molecule has 0 aliphatic heterocycles. The number of carbonyl (C=O) groups excluding carboxylic acids is 2. The molecule has 0 unspecified atom stereocenters. The number of rotatable bonds is 7. The Morgan fingerprint density at radius 3 is 1.84 bits per heavy atom. The van der Waals surface area contributed by atoms with Gasteiger partial charge in [0.05, 0.1) is 22.2 Å². The second-order valence-corrected chi connectivity index (χ2v) is 11.2. The van der Waals surface area contributed by atoms with Crippen LogP contribution in [0.1, 0.15) is 54.4 Å². The van der Waals surface area contributed by atoms with Crippen molar-refractivity contribution in [2.24, 2.45) is 0 Å². The predicted molar refractivity (Wildman–Crippen MR) is 146 cm³/mol. The third-order valence-corrected chi connectivity index (χ3v) is 4.16. The van der Waals surface area contributed by atoms with Crippen LogP contribution in [-0.4, -0.2) is 68.1 Å². The molecule has 37 heavy (non-hydrogen) atoms. The van der Waals surface area contributed by atoms with E-state index in [1.165, 1.54) is 0 Å². The fourth-order valence-corrected chi connectivity index (χ4v) is 2.42. The van der Waals surface area contributed by atoms with Crippen molar-refractivity contribution in [3.8, 4) is 6.01 Å². The Hall–Kier alpha value is -2.09. The molecule has 0 radical (unpaired) electrons. The summed E-state index contributed by atoms with van der Waals surface area (Å²) in [6.45, 7) is 11.4. The molecule has 0 saturated carbocycles. The van der Waals surface area contributed by atoms with Crippen LogP contribution in [-0.2, 0) is 14.3 Å². The number of esters is 1. The topological polar surface area (TPSA) is 146 Å². The van der Waals surface area contributed by atoms with Crippen LogP contribution in [0.3, 0.4) is 0 Å². The van der Waals surface area contributed by atoms with E-state index in [-0.39, 0.29) is 24.4 Å². The molecule has 0 spiro atoms. The molecule has 2 aromatic heterocycles. The van der Waals surface area contributed by atoms with Gasteiger partial charge in [0.15, 0.2) is 0 Å². The lowest BCUT2D eigenvalue weighted by molar-refractivity contribution is -0.155. The van der Waals surface area contributed by atoms with E-state index in [0.29, 0.717) is 25.5 Å². The zero-order chi connectivity index (χ0) is 28.5. The van der Waals surface area contributed by atoms with E-state index in [1.807, 2.05) is 20.8 Å². The van der Waals surface area contributed by atoms with Crippen molar-refractivity contribution in [1.29, 1.82) is 0 Å². The Morgan fingerprint density at radius 2 is 1.41 bits per heavy atom. The highest BCUT2D eigenvalue weighted by molar-refractivity contribution is 9.10. The summed E-state index contributed by atoms with van der Waals surface area (Å²) < 4.78 is 17.0. The molecule has 2 rings (SSSR count). The van der Waals surface area contributed by atoms with Gasteiger partial charge in [-0.2, -0.15) is 0 Å². The van der Waals surface area contributed by atoms with Crippen LogP contribution in [0.15, 0.2) is 33.7 Å². The first kappa shape index (κ1) is 34.9. The zero-order valence-corrected chi connectivity index (χ0v) is 25.7. The van der Waals surface area contributed by atoms with E-state index in [1.54, 1.807) is 45.6 Å². The standard InChI is InChI=1S/C12H17BrN2O3.C7H15NO3.C4H2BrClN2/c1-12(2,3)18-10(16)5-4-6-17-11-14-7-9(13)8-15-11;1-7(2,3)11-6(10)8-4-5-9;5-3-1-7-4(6)8-2-3/h7-8H,4-6H2,1-3H3;9H,4-5H2,1-3H3,(H,8,10);1-2H. The highest BCUT2D eigenvalue weighted by atomic mass is 79.9. The van der Waals surface area contributed by atoms with E-state index in [2.05, 4.69) is 57.1 Å². The molecule has 0 aliphatic carbocycles. The zero-order valence-electron chi connectivity index (χ0n) is 21.8. The minimum Gasteiger partial charge on any atom is -0.463 e. The van der Waals surface area contributed by atoms with Gasteiger partial charge in [0.25, 0.3) is 0 Å². The number of halogens is 3. The maximum Gasteiger partial charge on any atom is 0.407 e. The molecule has 0 fully saturated rings.